The van der Waals surface area contributed by atoms with Crippen LogP contribution in [0.3, 0.4) is 0 Å². The minimum atomic E-state index is -0.447. The van der Waals surface area contributed by atoms with Crippen LogP contribution in [0.1, 0.15) is 40.9 Å². The highest BCUT2D eigenvalue weighted by atomic mass is 16.5. The van der Waals surface area contributed by atoms with Crippen molar-refractivity contribution >= 4 is 28.3 Å². The van der Waals surface area contributed by atoms with Crippen molar-refractivity contribution in [3.8, 4) is 5.88 Å². The molecule has 7 heteroatoms. The molecule has 4 rings (SSSR count). The Bertz CT molecular complexity index is 1310. The van der Waals surface area contributed by atoms with E-state index in [1.54, 1.807) is 30.6 Å². The van der Waals surface area contributed by atoms with Gasteiger partial charge in [0.05, 0.1) is 29.6 Å². The molecule has 4 aromatic rings. The Labute approximate surface area is 198 Å². The highest BCUT2D eigenvalue weighted by Crippen LogP contribution is 2.32. The number of methoxy groups -OCH3 is 1. The van der Waals surface area contributed by atoms with Crippen LogP contribution in [0.5, 0.6) is 5.88 Å². The van der Waals surface area contributed by atoms with Crippen LogP contribution >= 0.6 is 0 Å². The number of benzene rings is 2. The van der Waals surface area contributed by atoms with Crippen molar-refractivity contribution in [1.29, 1.82) is 0 Å². The number of esters is 1. The minimum Gasteiger partial charge on any atom is -0.494 e. The molecule has 0 aliphatic carbocycles. The van der Waals surface area contributed by atoms with Gasteiger partial charge >= 0.3 is 5.97 Å². The number of aliphatic imine (C=N–C) groups is 1. The molecule has 2 aromatic heterocycles. The number of fused-ring (bicyclic) bond motifs is 1. The summed E-state index contributed by atoms with van der Waals surface area (Å²) in [5.74, 6) is -0.477. The normalized spacial score (nSPS) is 11.8. The summed E-state index contributed by atoms with van der Waals surface area (Å²) in [6, 6.07) is 16.9. The fourth-order valence-electron chi connectivity index (χ4n) is 3.94. The Morgan fingerprint density at radius 1 is 1.09 bits per heavy atom. The molecule has 0 bridgehead atoms. The first-order valence-corrected chi connectivity index (χ1v) is 11.3. The molecule has 2 heterocycles. The minimum absolute atomic E-state index is 0.0298. The summed E-state index contributed by atoms with van der Waals surface area (Å²) < 4.78 is 4.87. The molecule has 0 fully saturated rings. The average Bonchev–Trinajstić information content (AvgIpc) is 3.21. The van der Waals surface area contributed by atoms with Crippen molar-refractivity contribution in [2.75, 3.05) is 20.2 Å². The van der Waals surface area contributed by atoms with Gasteiger partial charge in [-0.05, 0) is 61.1 Å². The predicted octanol–water partition coefficient (Wildman–Crippen LogP) is 5.07. The predicted molar refractivity (Wildman–Crippen MR) is 134 cm³/mol. The van der Waals surface area contributed by atoms with E-state index < -0.39 is 5.97 Å². The highest BCUT2D eigenvalue weighted by molar-refractivity contribution is 6.22. The number of ether oxygens (including phenoxy) is 1. The number of H-pyrrole nitrogens is 1. The summed E-state index contributed by atoms with van der Waals surface area (Å²) >= 11 is 0. The van der Waals surface area contributed by atoms with Gasteiger partial charge in [0.25, 0.3) is 0 Å². The molecule has 0 saturated carbocycles. The van der Waals surface area contributed by atoms with E-state index in [1.165, 1.54) is 12.7 Å². The van der Waals surface area contributed by atoms with Crippen LogP contribution in [0.2, 0.25) is 0 Å². The van der Waals surface area contributed by atoms with Gasteiger partial charge in [-0.2, -0.15) is 0 Å². The molecule has 0 unspecified atom stereocenters. The molecule has 0 saturated heterocycles. The number of aromatic nitrogens is 2. The number of pyridine rings is 1. The molecule has 34 heavy (non-hydrogen) atoms. The van der Waals surface area contributed by atoms with Crippen molar-refractivity contribution < 1.29 is 14.6 Å². The molecule has 0 aliphatic heterocycles. The van der Waals surface area contributed by atoms with Crippen molar-refractivity contribution in [3.63, 3.8) is 0 Å². The van der Waals surface area contributed by atoms with Gasteiger partial charge < -0.3 is 14.8 Å². The van der Waals surface area contributed by atoms with Gasteiger partial charge in [-0.25, -0.2) is 9.79 Å². The second kappa shape index (κ2) is 10.3. The molecular weight excluding hydrogens is 428 g/mol. The fourth-order valence-corrected chi connectivity index (χ4v) is 3.94. The molecule has 2 N–H and O–H groups in total. The summed E-state index contributed by atoms with van der Waals surface area (Å²) in [5.41, 5.74) is 4.84. The van der Waals surface area contributed by atoms with Crippen LogP contribution in [0.15, 0.2) is 72.0 Å². The molecule has 2 aromatic carbocycles. The summed E-state index contributed by atoms with van der Waals surface area (Å²) in [6.45, 7) is 7.18. The van der Waals surface area contributed by atoms with E-state index in [2.05, 4.69) is 40.8 Å². The number of aromatic hydroxyl groups is 1. The first-order valence-electron chi connectivity index (χ1n) is 11.3. The topological polar surface area (TPSA) is 90.8 Å². The summed E-state index contributed by atoms with van der Waals surface area (Å²) in [7, 11) is 1.34. The first-order chi connectivity index (χ1) is 16.5. The first kappa shape index (κ1) is 23.2. The number of aromatic amines is 1. The lowest BCUT2D eigenvalue weighted by atomic mass is 10.0. The number of rotatable bonds is 8. The van der Waals surface area contributed by atoms with E-state index >= 15 is 0 Å². The van der Waals surface area contributed by atoms with Gasteiger partial charge in [0, 0.05) is 35.4 Å². The van der Waals surface area contributed by atoms with Gasteiger partial charge in [-0.3, -0.25) is 9.88 Å². The van der Waals surface area contributed by atoms with Gasteiger partial charge in [0.1, 0.15) is 0 Å². The second-order valence-electron chi connectivity index (χ2n) is 7.93. The van der Waals surface area contributed by atoms with Crippen LogP contribution < -0.4 is 0 Å². The van der Waals surface area contributed by atoms with E-state index in [-0.39, 0.29) is 5.88 Å². The molecule has 7 nitrogen and oxygen atoms in total. The van der Waals surface area contributed by atoms with E-state index in [0.717, 1.165) is 30.9 Å². The maximum atomic E-state index is 12.1. The average molecular weight is 457 g/mol. The second-order valence-corrected chi connectivity index (χ2v) is 7.93. The van der Waals surface area contributed by atoms with Crippen LogP contribution in [-0.4, -0.2) is 51.9 Å². The van der Waals surface area contributed by atoms with Crippen molar-refractivity contribution in [3.05, 3.63) is 89.2 Å². The third-order valence-electron chi connectivity index (χ3n) is 5.85. The monoisotopic (exact) mass is 456 g/mol. The molecule has 0 spiro atoms. The molecule has 0 radical (unpaired) electrons. The number of nitrogens with one attached hydrogen (secondary N) is 1. The van der Waals surface area contributed by atoms with E-state index in [1.807, 2.05) is 24.3 Å². The molecule has 0 atom stereocenters. The Kier molecular flexibility index (Phi) is 7.04. The van der Waals surface area contributed by atoms with E-state index in [9.17, 15) is 9.90 Å². The molecule has 0 aliphatic rings. The van der Waals surface area contributed by atoms with Crippen LogP contribution in [-0.2, 0) is 11.3 Å². The van der Waals surface area contributed by atoms with Crippen molar-refractivity contribution in [2.24, 2.45) is 4.99 Å². The summed E-state index contributed by atoms with van der Waals surface area (Å²) in [5, 5.41) is 11.5. The lowest BCUT2D eigenvalue weighted by molar-refractivity contribution is 0.0601. The summed E-state index contributed by atoms with van der Waals surface area (Å²) in [6.07, 6.45) is 3.39. The third kappa shape index (κ3) is 4.84. The number of carbonyl (C=O) groups is 1. The number of hydrogen-bond donors (Lipinski definition) is 2. The third-order valence-corrected chi connectivity index (χ3v) is 5.85. The quantitative estimate of drug-likeness (QED) is 0.285. The Balaban J connectivity index is 1.82. The molecular formula is C27H28N4O3. The summed E-state index contributed by atoms with van der Waals surface area (Å²) in [4.78, 5) is 26.6. The Hall–Kier alpha value is -3.97. The zero-order chi connectivity index (χ0) is 24.1. The SMILES string of the molecule is CCN(CC)Cc1ccc(N=C(c2cccnc2)c2c(O)[nH]c3ccc(C(=O)OC)cc23)cc1. The zero-order valence-electron chi connectivity index (χ0n) is 19.6. The Morgan fingerprint density at radius 2 is 1.85 bits per heavy atom. The van der Waals surface area contributed by atoms with Crippen LogP contribution in [0, 0.1) is 0 Å². The van der Waals surface area contributed by atoms with E-state index in [4.69, 9.17) is 9.73 Å². The molecule has 0 amide bonds. The lowest BCUT2D eigenvalue weighted by Crippen LogP contribution is -2.21. The maximum absolute atomic E-state index is 12.1. The maximum Gasteiger partial charge on any atom is 0.337 e. The van der Waals surface area contributed by atoms with Gasteiger partial charge in [0.2, 0.25) is 0 Å². The van der Waals surface area contributed by atoms with Crippen molar-refractivity contribution in [1.82, 2.24) is 14.9 Å². The lowest BCUT2D eigenvalue weighted by Gasteiger charge is -2.17. The largest absolute Gasteiger partial charge is 0.494 e. The highest BCUT2D eigenvalue weighted by Gasteiger charge is 2.20. The van der Waals surface area contributed by atoms with Gasteiger partial charge in [-0.1, -0.05) is 26.0 Å². The van der Waals surface area contributed by atoms with Crippen LogP contribution in [0.4, 0.5) is 5.69 Å². The smallest absolute Gasteiger partial charge is 0.337 e. The number of hydrogen-bond acceptors (Lipinski definition) is 6. The fraction of sp³-hybridized carbons (Fsp3) is 0.222. The zero-order valence-corrected chi connectivity index (χ0v) is 19.6. The standard InChI is InChI=1S/C27H28N4O3/c1-4-31(5-2)17-18-8-11-21(12-9-18)29-25(20-7-6-14-28-16-20)24-22-15-19(27(33)34-3)10-13-23(22)30-26(24)32/h6-16,30,32H,4-5,17H2,1-3H3. The Morgan fingerprint density at radius 3 is 2.50 bits per heavy atom. The molecule has 174 valence electrons. The van der Waals surface area contributed by atoms with Crippen molar-refractivity contribution in [2.45, 2.75) is 20.4 Å². The van der Waals surface area contributed by atoms with Gasteiger partial charge in [-0.15, -0.1) is 0 Å². The van der Waals surface area contributed by atoms with E-state index in [0.29, 0.717) is 27.7 Å². The van der Waals surface area contributed by atoms with Gasteiger partial charge in [0.15, 0.2) is 5.88 Å². The number of carbonyl (C=O) groups excluding carboxylic acids is 1. The number of nitrogens with zero attached hydrogens (tertiary/aromatic N) is 3. The van der Waals surface area contributed by atoms with Crippen LogP contribution in [0.25, 0.3) is 10.9 Å².